The van der Waals surface area contributed by atoms with Crippen LogP contribution in [0.2, 0.25) is 0 Å². The molecule has 0 radical (unpaired) electrons. The van der Waals surface area contributed by atoms with E-state index in [0.717, 1.165) is 30.7 Å². The minimum atomic E-state index is -3.27. The van der Waals surface area contributed by atoms with Gasteiger partial charge in [-0.25, -0.2) is 14.3 Å². The molecule has 0 unspecified atom stereocenters. The molecule has 1 saturated heterocycles. The maximum atomic E-state index is 12.8. The van der Waals surface area contributed by atoms with Crippen molar-refractivity contribution >= 4 is 17.5 Å². The third kappa shape index (κ3) is 7.47. The molecule has 1 atom stereocenters. The highest BCUT2D eigenvalue weighted by Crippen LogP contribution is 2.13. The second kappa shape index (κ2) is 12.4. The number of rotatable bonds is 7. The van der Waals surface area contributed by atoms with E-state index in [1.165, 1.54) is 42.7 Å². The number of halogens is 2. The van der Waals surface area contributed by atoms with Gasteiger partial charge in [0.05, 0.1) is 0 Å². The maximum Gasteiger partial charge on any atom is 0.278 e. The van der Waals surface area contributed by atoms with E-state index < -0.39 is 30.0 Å². The van der Waals surface area contributed by atoms with Gasteiger partial charge in [0.1, 0.15) is 5.71 Å². The molecule has 1 aliphatic heterocycles. The molecule has 0 spiro atoms. The highest BCUT2D eigenvalue weighted by molar-refractivity contribution is 6.11. The van der Waals surface area contributed by atoms with Gasteiger partial charge in [0.2, 0.25) is 0 Å². The first-order valence-corrected chi connectivity index (χ1v) is 10.9. The fourth-order valence-corrected chi connectivity index (χ4v) is 3.49. The van der Waals surface area contributed by atoms with Crippen LogP contribution in [0.25, 0.3) is 0 Å². The van der Waals surface area contributed by atoms with Gasteiger partial charge in [0, 0.05) is 23.2 Å². The van der Waals surface area contributed by atoms with Gasteiger partial charge >= 0.3 is 0 Å². The summed E-state index contributed by atoms with van der Waals surface area (Å²) in [4.78, 5) is 26.2. The predicted molar refractivity (Wildman–Crippen MR) is 126 cm³/mol. The monoisotopic (exact) mass is 478 g/mol. The van der Waals surface area contributed by atoms with Crippen LogP contribution in [-0.4, -0.2) is 53.2 Å². The molecule has 7 nitrogen and oxygen atoms in total. The largest absolute Gasteiger partial charge is 0.335 e. The molecule has 180 valence electrons. The Kier molecular flexibility index (Phi) is 9.08. The van der Waals surface area contributed by atoms with Crippen molar-refractivity contribution in [3.63, 3.8) is 0 Å². The standard InChI is InChI=1S/C26H24F2N4O3/c27-24(28)22(29)23(26(34)31-35)30-25(33)21-13-11-19(12-14-21)6-2-1-5-18-7-9-20(10-8-18)17-32-15-3-4-16-32/h7-14,23-24,29,35H,3-4,15-17H2,(H,30,33)(H,31,34)/t23-/m0/s1. The number of nitrogens with zero attached hydrogens (tertiary/aromatic N) is 1. The second-order valence-corrected chi connectivity index (χ2v) is 7.90. The Hall–Kier alpha value is -4.05. The molecule has 0 saturated carbocycles. The average Bonchev–Trinajstić information content (AvgIpc) is 3.38. The number of carbonyl (C=O) groups is 2. The topological polar surface area (TPSA) is 106 Å². The Morgan fingerprint density at radius 3 is 2.03 bits per heavy atom. The van der Waals surface area contributed by atoms with Gasteiger partial charge in [-0.3, -0.25) is 19.7 Å². The summed E-state index contributed by atoms with van der Waals surface area (Å²) in [6.45, 7) is 3.24. The summed E-state index contributed by atoms with van der Waals surface area (Å²) in [6, 6.07) is 11.9. The second-order valence-electron chi connectivity index (χ2n) is 7.90. The molecule has 35 heavy (non-hydrogen) atoms. The number of hydroxylamine groups is 1. The molecular formula is C26H24F2N4O3. The fraction of sp³-hybridized carbons (Fsp3) is 0.269. The number of carbonyl (C=O) groups excluding carboxylic acids is 2. The van der Waals surface area contributed by atoms with Crippen molar-refractivity contribution in [2.24, 2.45) is 0 Å². The van der Waals surface area contributed by atoms with E-state index in [1.807, 2.05) is 17.4 Å². The summed E-state index contributed by atoms with van der Waals surface area (Å²) >= 11 is 0. The smallest absolute Gasteiger partial charge is 0.278 e. The zero-order chi connectivity index (χ0) is 25.2. The third-order valence-electron chi connectivity index (χ3n) is 5.38. The van der Waals surface area contributed by atoms with Gasteiger partial charge in [-0.15, -0.1) is 0 Å². The Balaban J connectivity index is 1.58. The first kappa shape index (κ1) is 25.6. The average molecular weight is 478 g/mol. The van der Waals surface area contributed by atoms with Crippen LogP contribution >= 0.6 is 0 Å². The SMILES string of the molecule is N=C(C(F)F)[C@H](NC(=O)c1ccc(C#CC#Cc2ccc(CN3CCCC3)cc2)cc1)C(=O)NO. The van der Waals surface area contributed by atoms with Crippen molar-refractivity contribution in [3.8, 4) is 23.7 Å². The molecule has 1 aliphatic rings. The van der Waals surface area contributed by atoms with E-state index in [-0.39, 0.29) is 5.56 Å². The quantitative estimate of drug-likeness (QED) is 0.212. The highest BCUT2D eigenvalue weighted by Gasteiger charge is 2.30. The van der Waals surface area contributed by atoms with Crippen molar-refractivity contribution in [1.82, 2.24) is 15.7 Å². The third-order valence-corrected chi connectivity index (χ3v) is 5.38. The molecule has 0 bridgehead atoms. The van der Waals surface area contributed by atoms with Gasteiger partial charge in [0.15, 0.2) is 6.04 Å². The molecule has 2 aromatic rings. The molecule has 2 aromatic carbocycles. The van der Waals surface area contributed by atoms with Crippen LogP contribution < -0.4 is 10.8 Å². The van der Waals surface area contributed by atoms with Crippen LogP contribution in [-0.2, 0) is 11.3 Å². The lowest BCUT2D eigenvalue weighted by Crippen LogP contribution is -2.52. The molecule has 9 heteroatoms. The van der Waals surface area contributed by atoms with Crippen molar-refractivity contribution in [3.05, 3.63) is 70.8 Å². The van der Waals surface area contributed by atoms with Crippen molar-refractivity contribution in [2.75, 3.05) is 13.1 Å². The minimum Gasteiger partial charge on any atom is -0.335 e. The van der Waals surface area contributed by atoms with E-state index in [2.05, 4.69) is 40.7 Å². The lowest BCUT2D eigenvalue weighted by molar-refractivity contribution is -0.129. The van der Waals surface area contributed by atoms with E-state index in [9.17, 15) is 18.4 Å². The van der Waals surface area contributed by atoms with Crippen LogP contribution in [0.15, 0.2) is 48.5 Å². The lowest BCUT2D eigenvalue weighted by Gasteiger charge is -2.17. The molecule has 2 amide bonds. The zero-order valence-corrected chi connectivity index (χ0v) is 18.8. The van der Waals surface area contributed by atoms with Crippen LogP contribution in [0.3, 0.4) is 0 Å². The van der Waals surface area contributed by atoms with Crippen molar-refractivity contribution < 1.29 is 23.6 Å². The number of alkyl halides is 2. The Bertz CT molecular complexity index is 1180. The fourth-order valence-electron chi connectivity index (χ4n) is 3.49. The molecule has 1 heterocycles. The molecule has 3 rings (SSSR count). The first-order chi connectivity index (χ1) is 16.9. The van der Waals surface area contributed by atoms with Gasteiger partial charge < -0.3 is 10.7 Å². The summed E-state index contributed by atoms with van der Waals surface area (Å²) in [6.07, 6.45) is -0.756. The van der Waals surface area contributed by atoms with Gasteiger partial charge in [-0.2, -0.15) is 0 Å². The zero-order valence-electron chi connectivity index (χ0n) is 18.8. The van der Waals surface area contributed by atoms with E-state index in [4.69, 9.17) is 10.6 Å². The van der Waals surface area contributed by atoms with Crippen LogP contribution in [0.5, 0.6) is 0 Å². The number of hydrogen-bond donors (Lipinski definition) is 4. The van der Waals surface area contributed by atoms with Crippen LogP contribution in [0, 0.1) is 29.1 Å². The molecule has 0 aliphatic carbocycles. The Morgan fingerprint density at radius 1 is 0.971 bits per heavy atom. The van der Waals surface area contributed by atoms with E-state index >= 15 is 0 Å². The number of amides is 2. The number of likely N-dealkylation sites (tertiary alicyclic amines) is 1. The van der Waals surface area contributed by atoms with Gasteiger partial charge in [-0.1, -0.05) is 24.0 Å². The van der Waals surface area contributed by atoms with Gasteiger partial charge in [0.25, 0.3) is 18.2 Å². The summed E-state index contributed by atoms with van der Waals surface area (Å²) in [5, 5.41) is 17.9. The first-order valence-electron chi connectivity index (χ1n) is 10.9. The van der Waals surface area contributed by atoms with Crippen molar-refractivity contribution in [2.45, 2.75) is 31.9 Å². The van der Waals surface area contributed by atoms with E-state index in [1.54, 1.807) is 0 Å². The molecule has 1 fully saturated rings. The summed E-state index contributed by atoms with van der Waals surface area (Å²) in [7, 11) is 0. The molecular weight excluding hydrogens is 454 g/mol. The normalized spacial score (nSPS) is 13.7. The summed E-state index contributed by atoms with van der Waals surface area (Å²) in [5.74, 6) is 9.15. The van der Waals surface area contributed by atoms with Crippen LogP contribution in [0.4, 0.5) is 8.78 Å². The minimum absolute atomic E-state index is 0.0634. The summed E-state index contributed by atoms with van der Waals surface area (Å²) < 4.78 is 25.5. The number of benzene rings is 2. The number of nitrogens with one attached hydrogen (secondary N) is 3. The molecule has 4 N–H and O–H groups in total. The van der Waals surface area contributed by atoms with Gasteiger partial charge in [-0.05, 0) is 79.7 Å². The van der Waals surface area contributed by atoms with E-state index in [0.29, 0.717) is 5.56 Å². The number of hydrogen-bond acceptors (Lipinski definition) is 5. The highest BCUT2D eigenvalue weighted by atomic mass is 19.3. The summed E-state index contributed by atoms with van der Waals surface area (Å²) in [5.41, 5.74) is 2.56. The lowest BCUT2D eigenvalue weighted by atomic mass is 10.1. The van der Waals surface area contributed by atoms with Crippen LogP contribution in [0.1, 0.15) is 39.9 Å². The maximum absolute atomic E-state index is 12.8. The van der Waals surface area contributed by atoms with Crippen molar-refractivity contribution in [1.29, 1.82) is 5.41 Å². The Labute approximate surface area is 202 Å². The Morgan fingerprint density at radius 2 is 1.51 bits per heavy atom. The molecule has 0 aromatic heterocycles. The predicted octanol–water partition coefficient (Wildman–Crippen LogP) is 2.57.